The molecule has 1 aliphatic carbocycles. The normalized spacial score (nSPS) is 13.2. The summed E-state index contributed by atoms with van der Waals surface area (Å²) in [5.74, 6) is 1.90. The van der Waals surface area contributed by atoms with Crippen LogP contribution in [0.3, 0.4) is 0 Å². The Balaban J connectivity index is 1.11. The summed E-state index contributed by atoms with van der Waals surface area (Å²) in [6.45, 7) is 4.60. The van der Waals surface area contributed by atoms with Gasteiger partial charge in [0, 0.05) is 49.3 Å². The maximum absolute atomic E-state index is 6.75. The van der Waals surface area contributed by atoms with Gasteiger partial charge in [0.25, 0.3) is 0 Å². The Labute approximate surface area is 305 Å². The summed E-state index contributed by atoms with van der Waals surface area (Å²) in [5, 5.41) is 4.42. The molecule has 5 nitrogen and oxygen atoms in total. The minimum atomic E-state index is -0.134. The zero-order chi connectivity index (χ0) is 35.3. The van der Waals surface area contributed by atoms with E-state index in [0.29, 0.717) is 17.5 Å². The second kappa shape index (κ2) is 11.1. The minimum Gasteiger partial charge on any atom is -0.454 e. The molecule has 0 saturated carbocycles. The van der Waals surface area contributed by atoms with Crippen molar-refractivity contribution in [2.75, 3.05) is 0 Å². The fraction of sp³-hybridized carbons (Fsp3) is 0.0625. The Morgan fingerprint density at radius 2 is 1.09 bits per heavy atom. The highest BCUT2D eigenvalue weighted by molar-refractivity contribution is 6.21. The highest BCUT2D eigenvalue weighted by atomic mass is 16.3. The van der Waals surface area contributed by atoms with E-state index in [1.807, 2.05) is 24.3 Å². The number of nitrogens with zero attached hydrogens (tertiary/aromatic N) is 4. The maximum Gasteiger partial charge on any atom is 0.164 e. The van der Waals surface area contributed by atoms with Gasteiger partial charge in [0.15, 0.2) is 23.1 Å². The van der Waals surface area contributed by atoms with E-state index in [9.17, 15) is 0 Å². The van der Waals surface area contributed by atoms with E-state index in [-0.39, 0.29) is 5.41 Å². The zero-order valence-electron chi connectivity index (χ0n) is 29.2. The van der Waals surface area contributed by atoms with Gasteiger partial charge in [0.1, 0.15) is 5.58 Å². The van der Waals surface area contributed by atoms with Crippen LogP contribution in [0.1, 0.15) is 25.0 Å². The Morgan fingerprint density at radius 3 is 1.91 bits per heavy atom. The number of aromatic nitrogens is 4. The van der Waals surface area contributed by atoms with Crippen LogP contribution in [-0.4, -0.2) is 19.5 Å². The van der Waals surface area contributed by atoms with E-state index in [4.69, 9.17) is 19.4 Å². The standard InChI is InChI=1S/C48H32N4O/c1-48(2)39-19-11-9-17-33(39)34-23-21-31(28-40(34)48)47-50-45(29-13-5-3-6-14-29)49-46(51-47)30-22-26-42-38(27-30)37-25-24-36-35-18-10-12-20-41(35)52(43(36)44(37)53-42)32-15-7-4-8-16-32/h3-28H,1-2H3. The average molecular weight is 681 g/mol. The molecule has 0 fully saturated rings. The molecule has 53 heavy (non-hydrogen) atoms. The molecule has 0 N–H and O–H groups in total. The third kappa shape index (κ3) is 4.40. The molecule has 0 spiro atoms. The van der Waals surface area contributed by atoms with Gasteiger partial charge in [-0.1, -0.05) is 123 Å². The lowest BCUT2D eigenvalue weighted by Crippen LogP contribution is -2.15. The monoisotopic (exact) mass is 680 g/mol. The van der Waals surface area contributed by atoms with Crippen molar-refractivity contribution in [1.29, 1.82) is 0 Å². The topological polar surface area (TPSA) is 56.7 Å². The zero-order valence-corrected chi connectivity index (χ0v) is 29.2. The van der Waals surface area contributed by atoms with Gasteiger partial charge in [-0.2, -0.15) is 0 Å². The summed E-state index contributed by atoms with van der Waals surface area (Å²) in [7, 11) is 0. The predicted octanol–water partition coefficient (Wildman–Crippen LogP) is 12.2. The first-order valence-electron chi connectivity index (χ1n) is 18.0. The van der Waals surface area contributed by atoms with Gasteiger partial charge in [-0.3, -0.25) is 0 Å². The van der Waals surface area contributed by atoms with Crippen molar-refractivity contribution >= 4 is 43.7 Å². The van der Waals surface area contributed by atoms with Crippen LogP contribution < -0.4 is 0 Å². The first-order valence-corrected chi connectivity index (χ1v) is 18.0. The van der Waals surface area contributed by atoms with Crippen LogP contribution in [-0.2, 0) is 5.41 Å². The second-order valence-electron chi connectivity index (χ2n) is 14.4. The molecule has 7 aromatic carbocycles. The van der Waals surface area contributed by atoms with Crippen molar-refractivity contribution in [2.24, 2.45) is 0 Å². The maximum atomic E-state index is 6.75. The molecule has 0 amide bonds. The van der Waals surface area contributed by atoms with E-state index in [0.717, 1.165) is 60.7 Å². The van der Waals surface area contributed by atoms with E-state index in [1.165, 1.54) is 27.6 Å². The lowest BCUT2D eigenvalue weighted by Gasteiger charge is -2.21. The molecule has 3 aromatic heterocycles. The summed E-state index contributed by atoms with van der Waals surface area (Å²) < 4.78 is 9.07. The molecule has 0 radical (unpaired) electrons. The second-order valence-corrected chi connectivity index (χ2v) is 14.4. The van der Waals surface area contributed by atoms with Crippen LogP contribution in [0, 0.1) is 0 Å². The van der Waals surface area contributed by atoms with Gasteiger partial charge in [0.2, 0.25) is 0 Å². The van der Waals surface area contributed by atoms with Crippen molar-refractivity contribution in [3.63, 3.8) is 0 Å². The Hall–Kier alpha value is -6.85. The number of benzene rings is 7. The molecule has 1 aliphatic rings. The van der Waals surface area contributed by atoms with Gasteiger partial charge >= 0.3 is 0 Å². The van der Waals surface area contributed by atoms with Crippen LogP contribution in [0.5, 0.6) is 0 Å². The van der Waals surface area contributed by atoms with Crippen molar-refractivity contribution in [3.05, 3.63) is 169 Å². The quantitative estimate of drug-likeness (QED) is 0.186. The fourth-order valence-corrected chi connectivity index (χ4v) is 8.46. The van der Waals surface area contributed by atoms with E-state index in [1.54, 1.807) is 0 Å². The summed E-state index contributed by atoms with van der Waals surface area (Å²) >= 11 is 0. The summed E-state index contributed by atoms with van der Waals surface area (Å²) in [6, 6.07) is 55.3. The molecule has 250 valence electrons. The Morgan fingerprint density at radius 1 is 0.472 bits per heavy atom. The van der Waals surface area contributed by atoms with Crippen molar-refractivity contribution < 1.29 is 4.42 Å². The number of para-hydroxylation sites is 2. The molecule has 0 aliphatic heterocycles. The number of furan rings is 1. The first-order chi connectivity index (χ1) is 26.0. The fourth-order valence-electron chi connectivity index (χ4n) is 8.46. The molecule has 10 aromatic rings. The Bertz CT molecular complexity index is 3080. The van der Waals surface area contributed by atoms with Gasteiger partial charge in [-0.15, -0.1) is 0 Å². The molecule has 0 unspecified atom stereocenters. The van der Waals surface area contributed by atoms with Gasteiger partial charge in [-0.25, -0.2) is 15.0 Å². The number of rotatable bonds is 4. The first kappa shape index (κ1) is 29.8. The molecule has 11 rings (SSSR count). The van der Waals surface area contributed by atoms with Crippen LogP contribution in [0.15, 0.2) is 162 Å². The molecular formula is C48H32N4O. The number of fused-ring (bicyclic) bond motifs is 10. The smallest absolute Gasteiger partial charge is 0.164 e. The van der Waals surface area contributed by atoms with Gasteiger partial charge in [-0.05, 0) is 70.8 Å². The highest BCUT2D eigenvalue weighted by Crippen LogP contribution is 2.49. The summed E-state index contributed by atoms with van der Waals surface area (Å²) in [4.78, 5) is 15.3. The SMILES string of the molecule is CC1(C)c2ccccc2-c2ccc(-c3nc(-c4ccccc4)nc(-c4ccc5oc6c(ccc7c8ccccc8n(-c8ccccc8)c76)c5c4)n3)cc21. The third-order valence-electron chi connectivity index (χ3n) is 11.1. The molecular weight excluding hydrogens is 649 g/mol. The van der Waals surface area contributed by atoms with Crippen molar-refractivity contribution in [1.82, 2.24) is 19.5 Å². The molecule has 5 heteroatoms. The van der Waals surface area contributed by atoms with Crippen LogP contribution in [0.4, 0.5) is 0 Å². The van der Waals surface area contributed by atoms with Crippen LogP contribution in [0.25, 0.3) is 94.7 Å². The highest BCUT2D eigenvalue weighted by Gasteiger charge is 2.35. The van der Waals surface area contributed by atoms with Gasteiger partial charge < -0.3 is 8.98 Å². The molecule has 0 bridgehead atoms. The van der Waals surface area contributed by atoms with Crippen LogP contribution in [0.2, 0.25) is 0 Å². The minimum absolute atomic E-state index is 0.134. The van der Waals surface area contributed by atoms with E-state index in [2.05, 4.69) is 152 Å². The van der Waals surface area contributed by atoms with Gasteiger partial charge in [0.05, 0.1) is 11.0 Å². The predicted molar refractivity (Wildman–Crippen MR) is 215 cm³/mol. The average Bonchev–Trinajstić information content (AvgIpc) is 3.83. The largest absolute Gasteiger partial charge is 0.454 e. The van der Waals surface area contributed by atoms with Crippen molar-refractivity contribution in [2.45, 2.75) is 19.3 Å². The number of hydrogen-bond donors (Lipinski definition) is 0. The van der Waals surface area contributed by atoms with E-state index < -0.39 is 0 Å². The summed E-state index contributed by atoms with van der Waals surface area (Å²) in [6.07, 6.45) is 0. The Kier molecular flexibility index (Phi) is 6.23. The molecule has 0 saturated heterocycles. The summed E-state index contributed by atoms with van der Waals surface area (Å²) in [5.41, 5.74) is 12.8. The lowest BCUT2D eigenvalue weighted by molar-refractivity contribution is 0.660. The van der Waals surface area contributed by atoms with E-state index >= 15 is 0 Å². The number of hydrogen-bond acceptors (Lipinski definition) is 4. The van der Waals surface area contributed by atoms with Crippen LogP contribution >= 0.6 is 0 Å². The third-order valence-corrected chi connectivity index (χ3v) is 11.1. The lowest BCUT2D eigenvalue weighted by atomic mass is 9.82. The molecule has 3 heterocycles. The molecule has 0 atom stereocenters. The van der Waals surface area contributed by atoms with Crippen molar-refractivity contribution in [3.8, 4) is 51.0 Å².